The Morgan fingerprint density at radius 2 is 2.00 bits per heavy atom. The van der Waals surface area contributed by atoms with Gasteiger partial charge in [0.25, 0.3) is 0 Å². The van der Waals surface area contributed by atoms with E-state index in [-0.39, 0.29) is 4.90 Å². The van der Waals surface area contributed by atoms with E-state index >= 15 is 0 Å². The molecule has 3 nitrogen and oxygen atoms in total. The molecule has 0 saturated carbocycles. The van der Waals surface area contributed by atoms with Gasteiger partial charge in [-0.1, -0.05) is 15.9 Å². The monoisotopic (exact) mass is 293 g/mol. The quantitative estimate of drug-likeness (QED) is 0.836. The Morgan fingerprint density at radius 3 is 2.47 bits per heavy atom. The van der Waals surface area contributed by atoms with Gasteiger partial charge in [0.2, 0.25) is 10.0 Å². The van der Waals surface area contributed by atoms with Gasteiger partial charge in [-0.3, -0.25) is 0 Å². The first kappa shape index (κ1) is 11.0. The molecule has 0 unspecified atom stereocenters. The summed E-state index contributed by atoms with van der Waals surface area (Å²) in [5.41, 5.74) is 0. The summed E-state index contributed by atoms with van der Waals surface area (Å²) in [6.07, 6.45) is 0.845. The third-order valence-corrected chi connectivity index (χ3v) is 4.75. The van der Waals surface area contributed by atoms with Gasteiger partial charge < -0.3 is 0 Å². The van der Waals surface area contributed by atoms with E-state index in [2.05, 4.69) is 15.9 Å². The summed E-state index contributed by atoms with van der Waals surface area (Å²) in [6.45, 7) is 0.968. The van der Waals surface area contributed by atoms with Crippen molar-refractivity contribution >= 4 is 26.0 Å². The summed E-state index contributed by atoms with van der Waals surface area (Å²) < 4.78 is 38.9. The van der Waals surface area contributed by atoms with Crippen LogP contribution in [0.5, 0.6) is 0 Å². The van der Waals surface area contributed by atoms with Gasteiger partial charge >= 0.3 is 0 Å². The minimum absolute atomic E-state index is 0.245. The summed E-state index contributed by atoms with van der Waals surface area (Å²) in [4.78, 5) is -0.245. The van der Waals surface area contributed by atoms with Crippen molar-refractivity contribution in [2.24, 2.45) is 0 Å². The Hall–Kier alpha value is -0.460. The molecule has 0 N–H and O–H groups in total. The molecule has 0 radical (unpaired) electrons. The average Bonchev–Trinajstić information content (AvgIpc) is 1.97. The SMILES string of the molecule is O=S(=O)(c1ccc(Br)cc1F)N1CCC1. The summed E-state index contributed by atoms with van der Waals surface area (Å²) in [5, 5.41) is 0. The highest BCUT2D eigenvalue weighted by molar-refractivity contribution is 9.10. The number of hydrogen-bond acceptors (Lipinski definition) is 2. The van der Waals surface area contributed by atoms with Crippen LogP contribution in [0.25, 0.3) is 0 Å². The van der Waals surface area contributed by atoms with Crippen LogP contribution in [0, 0.1) is 5.82 Å². The normalized spacial score (nSPS) is 17.5. The van der Waals surface area contributed by atoms with Gasteiger partial charge in [-0.25, -0.2) is 12.8 Å². The van der Waals surface area contributed by atoms with Crippen molar-refractivity contribution in [3.8, 4) is 0 Å². The highest BCUT2D eigenvalue weighted by Crippen LogP contribution is 2.25. The first-order chi connectivity index (χ1) is 7.01. The Balaban J connectivity index is 2.44. The summed E-state index contributed by atoms with van der Waals surface area (Å²) >= 11 is 3.08. The zero-order valence-electron chi connectivity index (χ0n) is 7.78. The Labute approximate surface area is 96.1 Å². The fraction of sp³-hybridized carbons (Fsp3) is 0.333. The molecule has 1 aromatic rings. The van der Waals surface area contributed by atoms with Crippen LogP contribution in [0.2, 0.25) is 0 Å². The lowest BCUT2D eigenvalue weighted by Gasteiger charge is -2.29. The van der Waals surface area contributed by atoms with E-state index in [1.54, 1.807) is 0 Å². The molecule has 1 fully saturated rings. The fourth-order valence-electron chi connectivity index (χ4n) is 1.35. The van der Waals surface area contributed by atoms with Crippen LogP contribution in [0.4, 0.5) is 4.39 Å². The topological polar surface area (TPSA) is 37.4 Å². The molecule has 0 atom stereocenters. The van der Waals surface area contributed by atoms with Gasteiger partial charge in [-0.15, -0.1) is 0 Å². The fourth-order valence-corrected chi connectivity index (χ4v) is 3.25. The molecular formula is C9H9BrFNO2S. The highest BCUT2D eigenvalue weighted by Gasteiger charge is 2.31. The lowest BCUT2D eigenvalue weighted by Crippen LogP contribution is -2.42. The predicted octanol–water partition coefficient (Wildman–Crippen LogP) is 1.98. The highest BCUT2D eigenvalue weighted by atomic mass is 79.9. The lowest BCUT2D eigenvalue weighted by molar-refractivity contribution is 0.308. The maximum Gasteiger partial charge on any atom is 0.245 e. The molecule has 0 aliphatic carbocycles. The first-order valence-corrected chi connectivity index (χ1v) is 6.70. The standard InChI is InChI=1S/C9H9BrFNO2S/c10-7-2-3-9(8(11)6-7)15(13,14)12-4-1-5-12/h2-3,6H,1,4-5H2. The van der Waals surface area contributed by atoms with Gasteiger partial charge in [0.05, 0.1) is 0 Å². The van der Waals surface area contributed by atoms with Gasteiger partial charge in [0.1, 0.15) is 10.7 Å². The van der Waals surface area contributed by atoms with Crippen LogP contribution in [-0.4, -0.2) is 25.8 Å². The van der Waals surface area contributed by atoms with E-state index in [9.17, 15) is 12.8 Å². The molecule has 1 aromatic carbocycles. The third kappa shape index (κ3) is 1.93. The number of rotatable bonds is 2. The van der Waals surface area contributed by atoms with Crippen LogP contribution < -0.4 is 0 Å². The van der Waals surface area contributed by atoms with Crippen molar-refractivity contribution in [1.82, 2.24) is 4.31 Å². The predicted molar refractivity (Wildman–Crippen MR) is 57.5 cm³/mol. The van der Waals surface area contributed by atoms with E-state index in [1.165, 1.54) is 16.4 Å². The van der Waals surface area contributed by atoms with Crippen molar-refractivity contribution in [2.45, 2.75) is 11.3 Å². The second kappa shape index (κ2) is 3.84. The van der Waals surface area contributed by atoms with Crippen LogP contribution in [0.1, 0.15) is 6.42 Å². The van der Waals surface area contributed by atoms with Crippen molar-refractivity contribution < 1.29 is 12.8 Å². The molecule has 0 aromatic heterocycles. The largest absolute Gasteiger partial charge is 0.245 e. The second-order valence-corrected chi connectivity index (χ2v) is 6.15. The van der Waals surface area contributed by atoms with Gasteiger partial charge in [-0.2, -0.15) is 4.31 Å². The number of nitrogens with zero attached hydrogens (tertiary/aromatic N) is 1. The van der Waals surface area contributed by atoms with Crippen LogP contribution in [-0.2, 0) is 10.0 Å². The minimum Gasteiger partial charge on any atom is -0.207 e. The van der Waals surface area contributed by atoms with E-state index in [1.807, 2.05) is 0 Å². The zero-order valence-corrected chi connectivity index (χ0v) is 10.2. The molecule has 15 heavy (non-hydrogen) atoms. The molecule has 1 saturated heterocycles. The van der Waals surface area contributed by atoms with E-state index in [4.69, 9.17) is 0 Å². The average molecular weight is 294 g/mol. The molecule has 0 spiro atoms. The van der Waals surface area contributed by atoms with Crippen LogP contribution >= 0.6 is 15.9 Å². The summed E-state index contributed by atoms with van der Waals surface area (Å²) in [6, 6.07) is 3.97. The number of benzene rings is 1. The molecular weight excluding hydrogens is 285 g/mol. The van der Waals surface area contributed by atoms with Gasteiger partial charge in [0, 0.05) is 17.6 Å². The van der Waals surface area contributed by atoms with E-state index in [0.717, 1.165) is 12.5 Å². The Bertz CT molecular complexity index is 485. The molecule has 82 valence electrons. The summed E-state index contributed by atoms with van der Waals surface area (Å²) in [5.74, 6) is -0.712. The smallest absolute Gasteiger partial charge is 0.207 e. The van der Waals surface area contributed by atoms with Gasteiger partial charge in [0.15, 0.2) is 0 Å². The molecule has 1 aliphatic rings. The first-order valence-electron chi connectivity index (χ1n) is 4.47. The molecule has 0 amide bonds. The maximum absolute atomic E-state index is 13.4. The van der Waals surface area contributed by atoms with Crippen LogP contribution in [0.15, 0.2) is 27.6 Å². The molecule has 0 bridgehead atoms. The van der Waals surface area contributed by atoms with Crippen molar-refractivity contribution in [1.29, 1.82) is 0 Å². The number of sulfonamides is 1. The second-order valence-electron chi connectivity index (χ2n) is 3.33. The molecule has 1 heterocycles. The summed E-state index contributed by atoms with van der Waals surface area (Å²) in [7, 11) is -3.61. The lowest BCUT2D eigenvalue weighted by atomic mass is 10.3. The molecule has 6 heteroatoms. The number of halogens is 2. The van der Waals surface area contributed by atoms with Gasteiger partial charge in [-0.05, 0) is 24.6 Å². The van der Waals surface area contributed by atoms with E-state index < -0.39 is 15.8 Å². The van der Waals surface area contributed by atoms with Crippen molar-refractivity contribution in [2.75, 3.05) is 13.1 Å². The third-order valence-electron chi connectivity index (χ3n) is 2.33. The van der Waals surface area contributed by atoms with Crippen LogP contribution in [0.3, 0.4) is 0 Å². The Kier molecular flexibility index (Phi) is 2.83. The molecule has 1 aliphatic heterocycles. The molecule has 2 rings (SSSR count). The van der Waals surface area contributed by atoms with Crippen molar-refractivity contribution in [3.63, 3.8) is 0 Å². The Morgan fingerprint density at radius 1 is 1.33 bits per heavy atom. The maximum atomic E-state index is 13.4. The number of hydrogen-bond donors (Lipinski definition) is 0. The van der Waals surface area contributed by atoms with E-state index in [0.29, 0.717) is 17.6 Å². The van der Waals surface area contributed by atoms with Crippen molar-refractivity contribution in [3.05, 3.63) is 28.5 Å². The minimum atomic E-state index is -3.61. The zero-order chi connectivity index (χ0) is 11.1.